The molecule has 0 bridgehead atoms. The summed E-state index contributed by atoms with van der Waals surface area (Å²) in [6.07, 6.45) is 2.27. The number of likely N-dealkylation sites (N-methyl/N-ethyl adjacent to an activating group) is 1. The molecule has 0 amide bonds. The number of nitrogens with zero attached hydrogens (tertiary/aromatic N) is 2. The molecule has 1 unspecified atom stereocenters. The van der Waals surface area contributed by atoms with Crippen LogP contribution in [0.25, 0.3) is 0 Å². The Kier molecular flexibility index (Phi) is 8.20. The van der Waals surface area contributed by atoms with Crippen LogP contribution in [0.5, 0.6) is 5.75 Å². The summed E-state index contributed by atoms with van der Waals surface area (Å²) < 4.78 is 5.13. The van der Waals surface area contributed by atoms with Gasteiger partial charge in [-0.25, -0.2) is 0 Å². The molecule has 0 heterocycles. The number of ether oxygens (including phenoxy) is 1. The zero-order valence-electron chi connectivity index (χ0n) is 14.8. The van der Waals surface area contributed by atoms with Gasteiger partial charge in [-0.1, -0.05) is 38.3 Å². The molecule has 0 saturated carbocycles. The topological polar surface area (TPSA) is 62.9 Å². The molecule has 0 aromatic heterocycles. The molecular weight excluding hydrogens is 312 g/mol. The molecule has 1 rings (SSSR count). The van der Waals surface area contributed by atoms with Crippen LogP contribution in [0, 0.1) is 5.92 Å². The highest BCUT2D eigenvalue weighted by Crippen LogP contribution is 2.27. The third kappa shape index (κ3) is 5.92. The first-order valence-electron chi connectivity index (χ1n) is 7.99. The molecule has 0 aliphatic heterocycles. The molecule has 0 fully saturated rings. The van der Waals surface area contributed by atoms with Gasteiger partial charge in [0.05, 0.1) is 18.7 Å². The Morgan fingerprint density at radius 1 is 1.35 bits per heavy atom. The van der Waals surface area contributed by atoms with Crippen LogP contribution < -0.4 is 15.8 Å². The van der Waals surface area contributed by atoms with Crippen molar-refractivity contribution >= 4 is 23.2 Å². The first-order valence-corrected chi connectivity index (χ1v) is 8.37. The molecule has 0 aliphatic carbocycles. The van der Waals surface area contributed by atoms with E-state index in [1.165, 1.54) is 0 Å². The number of aliphatic imine (C=N–C) groups is 1. The summed E-state index contributed by atoms with van der Waals surface area (Å²) in [5.74, 6) is 1.63. The van der Waals surface area contributed by atoms with E-state index in [-0.39, 0.29) is 0 Å². The molecule has 130 valence electrons. The van der Waals surface area contributed by atoms with Gasteiger partial charge in [-0.2, -0.15) is 0 Å². The zero-order valence-corrected chi connectivity index (χ0v) is 15.5. The largest absolute Gasteiger partial charge is 0.495 e. The lowest BCUT2D eigenvalue weighted by Crippen LogP contribution is -2.38. The molecule has 0 saturated heterocycles. The maximum absolute atomic E-state index is 6.11. The third-order valence-corrected chi connectivity index (χ3v) is 4.42. The average molecular weight is 341 g/mol. The van der Waals surface area contributed by atoms with E-state index in [0.717, 1.165) is 18.5 Å². The number of hydrogen-bond acceptors (Lipinski definition) is 3. The van der Waals surface area contributed by atoms with Crippen molar-refractivity contribution in [3.63, 3.8) is 0 Å². The van der Waals surface area contributed by atoms with Crippen molar-refractivity contribution in [2.45, 2.75) is 32.7 Å². The zero-order chi connectivity index (χ0) is 17.4. The van der Waals surface area contributed by atoms with Crippen LogP contribution in [0.1, 0.15) is 26.7 Å². The second-order valence-electron chi connectivity index (χ2n) is 5.81. The fourth-order valence-electron chi connectivity index (χ4n) is 2.69. The fraction of sp³-hybridized carbons (Fsp3) is 0.588. The van der Waals surface area contributed by atoms with Crippen LogP contribution in [-0.2, 0) is 0 Å². The van der Waals surface area contributed by atoms with E-state index in [1.54, 1.807) is 19.2 Å². The van der Waals surface area contributed by atoms with Crippen molar-refractivity contribution in [2.75, 3.05) is 33.1 Å². The first-order chi connectivity index (χ1) is 10.9. The SMILES string of the molecule is CCC(CC)C(CN=C(N)Nc1ccc(OC)c(Cl)c1)N(C)C. The van der Waals surface area contributed by atoms with Gasteiger partial charge in [-0.15, -0.1) is 0 Å². The molecule has 0 spiro atoms. The van der Waals surface area contributed by atoms with Crippen LogP contribution in [0.2, 0.25) is 5.02 Å². The summed E-state index contributed by atoms with van der Waals surface area (Å²) in [5, 5.41) is 3.61. The van der Waals surface area contributed by atoms with Crippen molar-refractivity contribution in [3.8, 4) is 5.75 Å². The number of hydrogen-bond donors (Lipinski definition) is 2. The summed E-state index contributed by atoms with van der Waals surface area (Å²) in [7, 11) is 5.76. The Bertz CT molecular complexity index is 515. The Labute approximate surface area is 144 Å². The minimum absolute atomic E-state index is 0.379. The number of halogens is 1. The highest BCUT2D eigenvalue weighted by molar-refractivity contribution is 6.32. The highest BCUT2D eigenvalue weighted by Gasteiger charge is 2.20. The second-order valence-corrected chi connectivity index (χ2v) is 6.21. The number of nitrogens with two attached hydrogens (primary N) is 1. The predicted octanol–water partition coefficient (Wildman–Crippen LogP) is 3.44. The van der Waals surface area contributed by atoms with Gasteiger partial charge in [0.1, 0.15) is 5.75 Å². The van der Waals surface area contributed by atoms with E-state index in [4.69, 9.17) is 22.1 Å². The monoisotopic (exact) mass is 340 g/mol. The minimum atomic E-state index is 0.379. The predicted molar refractivity (Wildman–Crippen MR) is 99.7 cm³/mol. The molecule has 6 heteroatoms. The molecule has 1 aromatic carbocycles. The van der Waals surface area contributed by atoms with Crippen LogP contribution >= 0.6 is 11.6 Å². The first kappa shape index (κ1) is 19.6. The molecule has 3 N–H and O–H groups in total. The standard InChI is InChI=1S/C17H29ClN4O/c1-6-12(7-2)15(22(3)4)11-20-17(19)21-13-8-9-16(23-5)14(18)10-13/h8-10,12,15H,6-7,11H2,1-5H3,(H3,19,20,21). The van der Waals surface area contributed by atoms with E-state index in [0.29, 0.717) is 35.2 Å². The Hall–Kier alpha value is -1.46. The Balaban J connectivity index is 2.74. The summed E-state index contributed by atoms with van der Waals surface area (Å²) in [4.78, 5) is 6.72. The number of anilines is 1. The lowest BCUT2D eigenvalue weighted by Gasteiger charge is -2.30. The van der Waals surface area contributed by atoms with Gasteiger partial charge >= 0.3 is 0 Å². The molecule has 5 nitrogen and oxygen atoms in total. The highest BCUT2D eigenvalue weighted by atomic mass is 35.5. The van der Waals surface area contributed by atoms with Crippen LogP contribution in [0.15, 0.2) is 23.2 Å². The van der Waals surface area contributed by atoms with E-state index in [9.17, 15) is 0 Å². The van der Waals surface area contributed by atoms with Crippen molar-refractivity contribution in [2.24, 2.45) is 16.6 Å². The van der Waals surface area contributed by atoms with Crippen LogP contribution in [-0.4, -0.2) is 44.7 Å². The van der Waals surface area contributed by atoms with Crippen molar-refractivity contribution in [3.05, 3.63) is 23.2 Å². The maximum Gasteiger partial charge on any atom is 0.193 e. The molecule has 0 aliphatic rings. The Morgan fingerprint density at radius 2 is 2.00 bits per heavy atom. The summed E-state index contributed by atoms with van der Waals surface area (Å²) in [6.45, 7) is 5.10. The van der Waals surface area contributed by atoms with Gasteiger partial charge in [0.15, 0.2) is 5.96 Å². The lowest BCUT2D eigenvalue weighted by molar-refractivity contribution is 0.206. The third-order valence-electron chi connectivity index (χ3n) is 4.13. The van der Waals surface area contributed by atoms with E-state index in [1.807, 2.05) is 6.07 Å². The van der Waals surface area contributed by atoms with Crippen molar-refractivity contribution in [1.29, 1.82) is 0 Å². The molecular formula is C17H29ClN4O. The van der Waals surface area contributed by atoms with Crippen LogP contribution in [0.3, 0.4) is 0 Å². The van der Waals surface area contributed by atoms with Gasteiger partial charge in [0.25, 0.3) is 0 Å². The van der Waals surface area contributed by atoms with Gasteiger partial charge in [0.2, 0.25) is 0 Å². The number of guanidine groups is 1. The molecule has 1 atom stereocenters. The lowest BCUT2D eigenvalue weighted by atomic mass is 9.93. The van der Waals surface area contributed by atoms with Gasteiger partial charge in [0, 0.05) is 11.7 Å². The fourth-order valence-corrected chi connectivity index (χ4v) is 2.95. The van der Waals surface area contributed by atoms with Gasteiger partial charge in [-0.05, 0) is 38.2 Å². The average Bonchev–Trinajstić information content (AvgIpc) is 2.51. The summed E-state index contributed by atoms with van der Waals surface area (Å²) in [6, 6.07) is 5.81. The molecule has 0 radical (unpaired) electrons. The van der Waals surface area contributed by atoms with Gasteiger partial charge in [-0.3, -0.25) is 4.99 Å². The minimum Gasteiger partial charge on any atom is -0.495 e. The summed E-state index contributed by atoms with van der Waals surface area (Å²) in [5.41, 5.74) is 6.80. The van der Waals surface area contributed by atoms with E-state index >= 15 is 0 Å². The van der Waals surface area contributed by atoms with Crippen molar-refractivity contribution < 1.29 is 4.74 Å². The van der Waals surface area contributed by atoms with E-state index in [2.05, 4.69) is 43.2 Å². The van der Waals surface area contributed by atoms with Crippen molar-refractivity contribution in [1.82, 2.24) is 4.90 Å². The quantitative estimate of drug-likeness (QED) is 0.562. The van der Waals surface area contributed by atoms with Crippen LogP contribution in [0.4, 0.5) is 5.69 Å². The Morgan fingerprint density at radius 3 is 2.48 bits per heavy atom. The number of methoxy groups -OCH3 is 1. The molecule has 23 heavy (non-hydrogen) atoms. The van der Waals surface area contributed by atoms with E-state index < -0.39 is 0 Å². The number of rotatable bonds is 8. The van der Waals surface area contributed by atoms with Gasteiger partial charge < -0.3 is 20.7 Å². The molecule has 1 aromatic rings. The second kappa shape index (κ2) is 9.63. The smallest absolute Gasteiger partial charge is 0.193 e. The maximum atomic E-state index is 6.11. The summed E-state index contributed by atoms with van der Waals surface area (Å²) >= 11 is 6.11. The number of nitrogens with one attached hydrogen (secondary N) is 1. The normalized spacial score (nSPS) is 13.5. The number of benzene rings is 1.